The van der Waals surface area contributed by atoms with E-state index < -0.39 is 41.6 Å². The maximum absolute atomic E-state index is 12.8. The smallest absolute Gasteiger partial charge is 0.408 e. The lowest BCUT2D eigenvalue weighted by molar-refractivity contribution is -0.142. The van der Waals surface area contributed by atoms with Crippen LogP contribution >= 0.6 is 0 Å². The Morgan fingerprint density at radius 2 is 1.61 bits per heavy atom. The van der Waals surface area contributed by atoms with E-state index in [9.17, 15) is 24.3 Å². The van der Waals surface area contributed by atoms with E-state index in [4.69, 9.17) is 4.74 Å². The van der Waals surface area contributed by atoms with Crippen LogP contribution in [0.4, 0.5) is 4.79 Å². The molecule has 2 unspecified atom stereocenters. The third kappa shape index (κ3) is 11.0. The van der Waals surface area contributed by atoms with Gasteiger partial charge in [-0.25, -0.2) is 9.59 Å². The quantitative estimate of drug-likeness (QED) is 0.443. The van der Waals surface area contributed by atoms with Crippen LogP contribution in [0.25, 0.3) is 0 Å². The van der Waals surface area contributed by atoms with E-state index in [0.717, 1.165) is 5.56 Å². The summed E-state index contributed by atoms with van der Waals surface area (Å²) in [5.74, 6) is -2.29. The summed E-state index contributed by atoms with van der Waals surface area (Å²) < 4.78 is 5.08. The van der Waals surface area contributed by atoms with Crippen LogP contribution in [0.3, 0.4) is 0 Å². The van der Waals surface area contributed by atoms with Crippen LogP contribution < -0.4 is 16.0 Å². The molecular weight excluding hydrogens is 402 g/mol. The van der Waals surface area contributed by atoms with Gasteiger partial charge in [0, 0.05) is 6.42 Å². The molecule has 0 aliphatic carbocycles. The number of aliphatic carboxylic acids is 1. The largest absolute Gasteiger partial charge is 0.480 e. The minimum Gasteiger partial charge on any atom is -0.480 e. The highest BCUT2D eigenvalue weighted by molar-refractivity contribution is 5.91. The van der Waals surface area contributed by atoms with E-state index >= 15 is 0 Å². The Morgan fingerprint density at radius 3 is 2.13 bits per heavy atom. The van der Waals surface area contributed by atoms with E-state index in [1.807, 2.05) is 19.9 Å². The molecule has 0 fully saturated rings. The van der Waals surface area contributed by atoms with E-state index in [1.54, 1.807) is 45.0 Å². The molecule has 9 nitrogen and oxygen atoms in total. The molecule has 0 heterocycles. The molecule has 1 rings (SSSR count). The van der Waals surface area contributed by atoms with E-state index in [2.05, 4.69) is 16.0 Å². The second-order valence-corrected chi connectivity index (χ2v) is 8.69. The molecule has 1 aromatic carbocycles. The number of benzene rings is 1. The van der Waals surface area contributed by atoms with Crippen molar-refractivity contribution in [3.63, 3.8) is 0 Å². The molecule has 2 atom stereocenters. The zero-order chi connectivity index (χ0) is 23.6. The molecule has 0 aliphatic heterocycles. The molecule has 3 amide bonds. The van der Waals surface area contributed by atoms with Gasteiger partial charge < -0.3 is 25.8 Å². The number of carboxylic acids is 1. The van der Waals surface area contributed by atoms with Crippen molar-refractivity contribution < 1.29 is 29.0 Å². The average Bonchev–Trinajstić information content (AvgIpc) is 2.64. The van der Waals surface area contributed by atoms with Gasteiger partial charge in [-0.1, -0.05) is 44.2 Å². The molecule has 31 heavy (non-hydrogen) atoms. The average molecular weight is 436 g/mol. The van der Waals surface area contributed by atoms with E-state index in [-0.39, 0.29) is 25.3 Å². The number of nitrogens with one attached hydrogen (secondary N) is 3. The van der Waals surface area contributed by atoms with E-state index in [1.165, 1.54) is 0 Å². The Labute approximate surface area is 182 Å². The van der Waals surface area contributed by atoms with Crippen LogP contribution in [0, 0.1) is 5.92 Å². The maximum atomic E-state index is 12.8. The van der Waals surface area contributed by atoms with Gasteiger partial charge in [-0.15, -0.1) is 0 Å². The highest BCUT2D eigenvalue weighted by Gasteiger charge is 2.27. The van der Waals surface area contributed by atoms with Crippen LogP contribution in [-0.2, 0) is 25.5 Å². The molecule has 0 bridgehead atoms. The number of carbonyl (C=O) groups is 4. The molecule has 172 valence electrons. The van der Waals surface area contributed by atoms with Gasteiger partial charge in [-0.2, -0.15) is 0 Å². The summed E-state index contributed by atoms with van der Waals surface area (Å²) in [6, 6.07) is 6.95. The second-order valence-electron chi connectivity index (χ2n) is 8.69. The Kier molecular flexibility index (Phi) is 9.98. The molecule has 4 N–H and O–H groups in total. The summed E-state index contributed by atoms with van der Waals surface area (Å²) >= 11 is 0. The number of hydrogen-bond donors (Lipinski definition) is 4. The van der Waals surface area contributed by atoms with Crippen molar-refractivity contribution in [1.82, 2.24) is 16.0 Å². The molecule has 1 aromatic rings. The summed E-state index contributed by atoms with van der Waals surface area (Å²) in [7, 11) is 0. The third-order valence-electron chi connectivity index (χ3n) is 4.05. The topological polar surface area (TPSA) is 134 Å². The van der Waals surface area contributed by atoms with Crippen molar-refractivity contribution in [2.45, 2.75) is 65.1 Å². The first-order valence-electron chi connectivity index (χ1n) is 10.2. The number of carboxylic acid groups (broad SMARTS) is 1. The van der Waals surface area contributed by atoms with Gasteiger partial charge in [0.15, 0.2) is 0 Å². The van der Waals surface area contributed by atoms with Crippen molar-refractivity contribution >= 4 is 23.9 Å². The van der Waals surface area contributed by atoms with Gasteiger partial charge in [0.1, 0.15) is 24.2 Å². The van der Waals surface area contributed by atoms with Gasteiger partial charge in [-0.05, 0) is 38.7 Å². The molecule has 0 saturated carbocycles. The fourth-order valence-corrected chi connectivity index (χ4v) is 2.74. The first kappa shape index (κ1) is 25.9. The van der Waals surface area contributed by atoms with Gasteiger partial charge >= 0.3 is 12.1 Å². The first-order valence-corrected chi connectivity index (χ1v) is 10.2. The van der Waals surface area contributed by atoms with Gasteiger partial charge in [-0.3, -0.25) is 9.59 Å². The fraction of sp³-hybridized carbons (Fsp3) is 0.545. The molecule has 9 heteroatoms. The lowest BCUT2D eigenvalue weighted by Crippen LogP contribution is -2.54. The zero-order valence-electron chi connectivity index (χ0n) is 18.7. The SMILES string of the molecule is CC(C)CC(NC(=O)C(Cc1ccccc1)NC(=O)CNC(=O)OC(C)(C)C)C(=O)O. The van der Waals surface area contributed by atoms with Gasteiger partial charge in [0.25, 0.3) is 0 Å². The lowest BCUT2D eigenvalue weighted by Gasteiger charge is -2.23. The van der Waals surface area contributed by atoms with Crippen molar-refractivity contribution in [2.75, 3.05) is 6.54 Å². The zero-order valence-corrected chi connectivity index (χ0v) is 18.7. The van der Waals surface area contributed by atoms with Crippen LogP contribution in [-0.4, -0.2) is 53.2 Å². The third-order valence-corrected chi connectivity index (χ3v) is 4.05. The van der Waals surface area contributed by atoms with Crippen LogP contribution in [0.15, 0.2) is 30.3 Å². The number of carbonyl (C=O) groups excluding carboxylic acids is 3. The predicted octanol–water partition coefficient (Wildman–Crippen LogP) is 1.85. The standard InChI is InChI=1S/C22H33N3O6/c1-14(2)11-17(20(28)29)25-19(27)16(12-15-9-7-6-8-10-15)24-18(26)13-23-21(30)31-22(3,4)5/h6-10,14,16-17H,11-13H2,1-5H3,(H,23,30)(H,24,26)(H,25,27)(H,28,29). The number of amides is 3. The van der Waals surface area contributed by atoms with Crippen molar-refractivity contribution in [2.24, 2.45) is 5.92 Å². The Balaban J connectivity index is 2.83. The minimum atomic E-state index is -1.14. The first-order chi connectivity index (χ1) is 14.4. The molecule has 0 aliphatic rings. The summed E-state index contributed by atoms with van der Waals surface area (Å²) in [6.07, 6.45) is -0.332. The van der Waals surface area contributed by atoms with Gasteiger partial charge in [0.2, 0.25) is 11.8 Å². The highest BCUT2D eigenvalue weighted by atomic mass is 16.6. The van der Waals surface area contributed by atoms with Crippen LogP contribution in [0.5, 0.6) is 0 Å². The predicted molar refractivity (Wildman–Crippen MR) is 115 cm³/mol. The summed E-state index contributed by atoms with van der Waals surface area (Å²) in [6.45, 7) is 8.41. The van der Waals surface area contributed by atoms with Crippen molar-refractivity contribution in [3.8, 4) is 0 Å². The van der Waals surface area contributed by atoms with E-state index in [0.29, 0.717) is 0 Å². The molecule has 0 radical (unpaired) electrons. The van der Waals surface area contributed by atoms with Crippen molar-refractivity contribution in [1.29, 1.82) is 0 Å². The van der Waals surface area contributed by atoms with Crippen LogP contribution in [0.1, 0.15) is 46.6 Å². The van der Waals surface area contributed by atoms with Crippen LogP contribution in [0.2, 0.25) is 0 Å². The van der Waals surface area contributed by atoms with Gasteiger partial charge in [0.05, 0.1) is 0 Å². The minimum absolute atomic E-state index is 0.0570. The summed E-state index contributed by atoms with van der Waals surface area (Å²) in [5.41, 5.74) is 0.0808. The molecule has 0 aromatic heterocycles. The molecule has 0 saturated heterocycles. The Bertz CT molecular complexity index is 758. The monoisotopic (exact) mass is 435 g/mol. The van der Waals surface area contributed by atoms with Crippen molar-refractivity contribution in [3.05, 3.63) is 35.9 Å². The Morgan fingerprint density at radius 1 is 1.00 bits per heavy atom. The summed E-state index contributed by atoms with van der Waals surface area (Å²) in [4.78, 5) is 48.4. The normalized spacial score (nSPS) is 13.1. The number of ether oxygens (including phenoxy) is 1. The number of rotatable bonds is 10. The number of hydrogen-bond acceptors (Lipinski definition) is 5. The molecule has 0 spiro atoms. The second kappa shape index (κ2) is 11.9. The fourth-order valence-electron chi connectivity index (χ4n) is 2.74. The maximum Gasteiger partial charge on any atom is 0.408 e. The summed E-state index contributed by atoms with van der Waals surface area (Å²) in [5, 5.41) is 16.8. The number of alkyl carbamates (subject to hydrolysis) is 1. The molecular formula is C22H33N3O6. The Hall–Kier alpha value is -3.10. The lowest BCUT2D eigenvalue weighted by atomic mass is 10.0. The highest BCUT2D eigenvalue weighted by Crippen LogP contribution is 2.08.